The largest absolute Gasteiger partial charge is 0.288 e. The van der Waals surface area contributed by atoms with E-state index in [1.54, 1.807) is 0 Å². The molecule has 1 N–H and O–H groups in total. The lowest BCUT2D eigenvalue weighted by Gasteiger charge is -2.27. The van der Waals surface area contributed by atoms with Gasteiger partial charge in [0.2, 0.25) is 0 Å². The second kappa shape index (κ2) is 3.67. The molecule has 10 heavy (non-hydrogen) atoms. The number of hydrogen-bond donors (Lipinski definition) is 1. The van der Waals surface area contributed by atoms with Crippen molar-refractivity contribution in [3.63, 3.8) is 0 Å². The zero-order chi connectivity index (χ0) is 8.41. The van der Waals surface area contributed by atoms with Gasteiger partial charge in [0.25, 0.3) is 0 Å². The summed E-state index contributed by atoms with van der Waals surface area (Å²) in [6, 6.07) is 0. The molecular formula is C5H11Cl3NP. The minimum Gasteiger partial charge on any atom is -0.288 e. The number of alkyl halides is 1. The van der Waals surface area contributed by atoms with E-state index in [0.717, 1.165) is 0 Å². The highest BCUT2D eigenvalue weighted by atomic mass is 35.9. The molecule has 0 aromatic rings. The fraction of sp³-hybridized carbons (Fsp3) is 1.00. The van der Waals surface area contributed by atoms with E-state index in [-0.39, 0.29) is 0 Å². The first-order valence-electron chi connectivity index (χ1n) is 3.10. The SMILES string of the molecule is CCC(Cl)(CC)P(=N)(Cl)Cl. The van der Waals surface area contributed by atoms with Crippen LogP contribution < -0.4 is 0 Å². The van der Waals surface area contributed by atoms with Gasteiger partial charge in [-0.15, -0.1) is 11.6 Å². The van der Waals surface area contributed by atoms with Crippen molar-refractivity contribution in [1.29, 1.82) is 5.16 Å². The summed E-state index contributed by atoms with van der Waals surface area (Å²) >= 11 is 17.3. The van der Waals surface area contributed by atoms with Crippen molar-refractivity contribution in [3.8, 4) is 0 Å². The van der Waals surface area contributed by atoms with E-state index < -0.39 is 10.4 Å². The lowest BCUT2D eigenvalue weighted by molar-refractivity contribution is 0.718. The molecular weight excluding hydrogens is 211 g/mol. The summed E-state index contributed by atoms with van der Waals surface area (Å²) in [6.07, 6.45) is 1.30. The van der Waals surface area contributed by atoms with Crippen LogP contribution in [0.15, 0.2) is 0 Å². The molecule has 0 amide bonds. The fourth-order valence-electron chi connectivity index (χ4n) is 0.647. The molecule has 0 rings (SSSR count). The van der Waals surface area contributed by atoms with Crippen LogP contribution in [0.2, 0.25) is 0 Å². The smallest absolute Gasteiger partial charge is 0.154 e. The zero-order valence-corrected chi connectivity index (χ0v) is 9.16. The van der Waals surface area contributed by atoms with Crippen LogP contribution in [0.1, 0.15) is 26.7 Å². The van der Waals surface area contributed by atoms with E-state index in [0.29, 0.717) is 12.8 Å². The molecule has 0 heterocycles. The van der Waals surface area contributed by atoms with Crippen molar-refractivity contribution in [1.82, 2.24) is 0 Å². The highest BCUT2D eigenvalue weighted by Crippen LogP contribution is 2.71. The van der Waals surface area contributed by atoms with Crippen LogP contribution in [0.25, 0.3) is 0 Å². The number of rotatable bonds is 3. The lowest BCUT2D eigenvalue weighted by Crippen LogP contribution is -2.13. The Balaban J connectivity index is 4.50. The Labute approximate surface area is 76.5 Å². The number of hydrogen-bond acceptors (Lipinski definition) is 1. The van der Waals surface area contributed by atoms with Gasteiger partial charge in [0.1, 0.15) is 4.62 Å². The minimum atomic E-state index is -2.68. The summed E-state index contributed by atoms with van der Waals surface area (Å²) in [7, 11) is 0. The van der Waals surface area contributed by atoms with E-state index in [1.807, 2.05) is 13.8 Å². The average Bonchev–Trinajstić information content (AvgIpc) is 1.84. The van der Waals surface area contributed by atoms with Gasteiger partial charge < -0.3 is 0 Å². The Morgan fingerprint density at radius 3 is 1.60 bits per heavy atom. The van der Waals surface area contributed by atoms with Crippen LogP contribution in [-0.4, -0.2) is 4.62 Å². The zero-order valence-electron chi connectivity index (χ0n) is 6.00. The monoisotopic (exact) mass is 221 g/mol. The number of halogens is 3. The highest BCUT2D eigenvalue weighted by Gasteiger charge is 2.36. The van der Waals surface area contributed by atoms with Gasteiger partial charge in [0.05, 0.1) is 0 Å². The molecule has 0 aliphatic carbocycles. The quantitative estimate of drug-likeness (QED) is 0.522. The summed E-state index contributed by atoms with van der Waals surface area (Å²) in [6.45, 7) is 3.79. The normalized spacial score (nSPS) is 13.7. The Morgan fingerprint density at radius 2 is 1.60 bits per heavy atom. The van der Waals surface area contributed by atoms with Crippen LogP contribution in [-0.2, 0) is 0 Å². The summed E-state index contributed by atoms with van der Waals surface area (Å²) in [5.41, 5.74) is 0. The van der Waals surface area contributed by atoms with Gasteiger partial charge in [-0.25, -0.2) is 0 Å². The Hall–Kier alpha value is 1.10. The van der Waals surface area contributed by atoms with E-state index >= 15 is 0 Å². The van der Waals surface area contributed by atoms with Crippen molar-refractivity contribution in [2.24, 2.45) is 0 Å². The molecule has 0 atom stereocenters. The van der Waals surface area contributed by atoms with Crippen molar-refractivity contribution in [2.75, 3.05) is 0 Å². The average molecular weight is 222 g/mol. The maximum atomic E-state index is 7.40. The van der Waals surface area contributed by atoms with E-state index in [2.05, 4.69) is 0 Å². The van der Waals surface area contributed by atoms with Crippen molar-refractivity contribution < 1.29 is 0 Å². The Morgan fingerprint density at radius 1 is 1.30 bits per heavy atom. The highest BCUT2D eigenvalue weighted by molar-refractivity contribution is 8.11. The predicted octanol–water partition coefficient (Wildman–Crippen LogP) is 4.83. The molecule has 5 heteroatoms. The third-order valence-corrected chi connectivity index (χ3v) is 6.98. The van der Waals surface area contributed by atoms with Gasteiger partial charge in [-0.05, 0) is 12.8 Å². The molecule has 0 unspecified atom stereocenters. The lowest BCUT2D eigenvalue weighted by atomic mass is 10.2. The van der Waals surface area contributed by atoms with Gasteiger partial charge in [-0.3, -0.25) is 5.16 Å². The Kier molecular flexibility index (Phi) is 4.07. The van der Waals surface area contributed by atoms with Gasteiger partial charge >= 0.3 is 0 Å². The topological polar surface area (TPSA) is 23.9 Å². The van der Waals surface area contributed by atoms with Crippen molar-refractivity contribution in [3.05, 3.63) is 0 Å². The van der Waals surface area contributed by atoms with Crippen molar-refractivity contribution >= 4 is 39.8 Å². The van der Waals surface area contributed by atoms with E-state index in [9.17, 15) is 0 Å². The molecule has 62 valence electrons. The minimum absolute atomic E-state index is 0.648. The Bertz CT molecular complexity index is 149. The summed E-state index contributed by atoms with van der Waals surface area (Å²) in [5, 5.41) is 7.40. The summed E-state index contributed by atoms with van der Waals surface area (Å²) in [5.74, 6) is -2.68. The first-order valence-corrected chi connectivity index (χ1v) is 7.07. The molecule has 0 saturated carbocycles. The van der Waals surface area contributed by atoms with E-state index in [4.69, 9.17) is 39.2 Å². The maximum Gasteiger partial charge on any atom is 0.154 e. The van der Waals surface area contributed by atoms with Crippen LogP contribution in [0, 0.1) is 5.16 Å². The molecule has 1 nitrogen and oxygen atoms in total. The van der Waals surface area contributed by atoms with Gasteiger partial charge in [-0.1, -0.05) is 36.3 Å². The molecule has 0 aromatic carbocycles. The van der Waals surface area contributed by atoms with Crippen molar-refractivity contribution in [2.45, 2.75) is 31.3 Å². The standard InChI is InChI=1S/C5H11Cl3NP/c1-3-5(6,4-2)10(7,8)9/h9H,3-4H2,1-2H3. The third kappa shape index (κ3) is 2.30. The molecule has 0 radical (unpaired) electrons. The molecule has 0 aromatic heterocycles. The second-order valence-corrected chi connectivity index (χ2v) is 8.57. The van der Waals surface area contributed by atoms with Gasteiger partial charge in [0.15, 0.2) is 5.76 Å². The molecule has 0 saturated heterocycles. The van der Waals surface area contributed by atoms with Crippen LogP contribution in [0.4, 0.5) is 0 Å². The first kappa shape index (κ1) is 11.1. The van der Waals surface area contributed by atoms with Crippen LogP contribution in [0.5, 0.6) is 0 Å². The molecule has 0 aliphatic rings. The third-order valence-electron chi connectivity index (χ3n) is 1.59. The fourth-order valence-corrected chi connectivity index (χ4v) is 2.88. The molecule has 0 aliphatic heterocycles. The van der Waals surface area contributed by atoms with E-state index in [1.165, 1.54) is 0 Å². The molecule has 0 fully saturated rings. The molecule has 0 spiro atoms. The van der Waals surface area contributed by atoms with Crippen LogP contribution in [0.3, 0.4) is 0 Å². The molecule has 0 bridgehead atoms. The van der Waals surface area contributed by atoms with Crippen LogP contribution >= 0.6 is 39.8 Å². The predicted molar refractivity (Wildman–Crippen MR) is 50.5 cm³/mol. The summed E-state index contributed by atoms with van der Waals surface area (Å²) in [4.78, 5) is 0. The second-order valence-electron chi connectivity index (χ2n) is 2.14. The van der Waals surface area contributed by atoms with Gasteiger partial charge in [0, 0.05) is 0 Å². The summed E-state index contributed by atoms with van der Waals surface area (Å²) < 4.78 is -0.698. The number of nitrogens with one attached hydrogen (secondary N) is 1. The van der Waals surface area contributed by atoms with Gasteiger partial charge in [-0.2, -0.15) is 0 Å². The maximum absolute atomic E-state index is 7.40. The first-order chi connectivity index (χ1) is 4.37.